The van der Waals surface area contributed by atoms with Crippen LogP contribution in [0, 0.1) is 6.92 Å². The monoisotopic (exact) mass is 236 g/mol. The molecule has 0 saturated carbocycles. The molecule has 2 rings (SSSR count). The Balaban J connectivity index is 2.40. The first-order valence-corrected chi connectivity index (χ1v) is 5.52. The minimum atomic E-state index is -0.219. The van der Waals surface area contributed by atoms with E-state index in [1.54, 1.807) is 5.01 Å². The first kappa shape index (κ1) is 11.3. The van der Waals surface area contributed by atoms with Crippen LogP contribution in [0.3, 0.4) is 0 Å². The number of anilines is 1. The molecule has 5 N–H and O–H groups in total. The van der Waals surface area contributed by atoms with Crippen LogP contribution in [0.1, 0.15) is 12.5 Å². The van der Waals surface area contributed by atoms with Gasteiger partial charge in [0.15, 0.2) is 0 Å². The fraction of sp³-hybridized carbons (Fsp3) is 0.273. The molecule has 0 amide bonds. The number of thiol groups is 1. The van der Waals surface area contributed by atoms with E-state index in [1.165, 1.54) is 0 Å². The second kappa shape index (κ2) is 4.01. The summed E-state index contributed by atoms with van der Waals surface area (Å²) in [7, 11) is 0. The van der Waals surface area contributed by atoms with E-state index in [-0.39, 0.29) is 6.17 Å². The number of aryl methyl sites for hydroxylation is 1. The van der Waals surface area contributed by atoms with Crippen LogP contribution >= 0.6 is 12.6 Å². The molecule has 4 nitrogen and oxygen atoms in total. The van der Waals surface area contributed by atoms with Crippen molar-refractivity contribution < 1.29 is 0 Å². The molecule has 16 heavy (non-hydrogen) atoms. The van der Waals surface area contributed by atoms with Gasteiger partial charge in [0.2, 0.25) is 0 Å². The third-order valence-electron chi connectivity index (χ3n) is 2.68. The topological polar surface area (TPSA) is 67.3 Å². The van der Waals surface area contributed by atoms with Gasteiger partial charge in [-0.3, -0.25) is 5.01 Å². The Morgan fingerprint density at radius 2 is 2.00 bits per heavy atom. The Bertz CT molecular complexity index is 435. The summed E-state index contributed by atoms with van der Waals surface area (Å²) < 4.78 is 0. The summed E-state index contributed by atoms with van der Waals surface area (Å²) in [4.78, 5) is 0.905. The zero-order chi connectivity index (χ0) is 11.9. The van der Waals surface area contributed by atoms with Crippen LogP contribution in [-0.2, 0) is 0 Å². The fourth-order valence-corrected chi connectivity index (χ4v) is 2.06. The summed E-state index contributed by atoms with van der Waals surface area (Å²) in [6, 6.07) is 5.97. The quantitative estimate of drug-likeness (QED) is 0.551. The molecule has 0 fully saturated rings. The van der Waals surface area contributed by atoms with Crippen molar-refractivity contribution in [2.45, 2.75) is 24.9 Å². The third-order valence-corrected chi connectivity index (χ3v) is 2.94. The molecule has 86 valence electrons. The minimum absolute atomic E-state index is 0.219. The number of nitrogens with zero attached hydrogens (tertiary/aromatic N) is 1. The maximum atomic E-state index is 5.98. The van der Waals surface area contributed by atoms with E-state index in [0.717, 1.165) is 21.7 Å². The minimum Gasteiger partial charge on any atom is -0.384 e. The predicted octanol–water partition coefficient (Wildman–Crippen LogP) is 1.08. The number of benzene rings is 1. The zero-order valence-corrected chi connectivity index (χ0v) is 10.3. The molecule has 0 aliphatic carbocycles. The van der Waals surface area contributed by atoms with Gasteiger partial charge in [-0.05, 0) is 37.6 Å². The van der Waals surface area contributed by atoms with Gasteiger partial charge in [0, 0.05) is 10.5 Å². The summed E-state index contributed by atoms with van der Waals surface area (Å²) in [6.07, 6.45) is -0.219. The van der Waals surface area contributed by atoms with Crippen LogP contribution in [0.5, 0.6) is 0 Å². The molecule has 0 bridgehead atoms. The fourth-order valence-electron chi connectivity index (χ4n) is 1.73. The highest BCUT2D eigenvalue weighted by Crippen LogP contribution is 2.25. The second-order valence-corrected chi connectivity index (χ2v) is 4.55. The average Bonchev–Trinajstić information content (AvgIpc) is 2.44. The highest BCUT2D eigenvalue weighted by molar-refractivity contribution is 7.80. The molecule has 0 radical (unpaired) electrons. The molecule has 0 saturated heterocycles. The molecule has 1 aliphatic rings. The molecule has 1 heterocycles. The largest absolute Gasteiger partial charge is 0.384 e. The van der Waals surface area contributed by atoms with Crippen molar-refractivity contribution in [3.05, 3.63) is 35.2 Å². The summed E-state index contributed by atoms with van der Waals surface area (Å²) in [5.41, 5.74) is 18.0. The number of hydrogen-bond donors (Lipinski definition) is 4. The average molecular weight is 236 g/mol. The third kappa shape index (κ3) is 1.89. The lowest BCUT2D eigenvalue weighted by Crippen LogP contribution is -2.43. The van der Waals surface area contributed by atoms with E-state index in [0.29, 0.717) is 5.82 Å². The van der Waals surface area contributed by atoms with E-state index in [9.17, 15) is 0 Å². The lowest BCUT2D eigenvalue weighted by molar-refractivity contribution is 0.635. The van der Waals surface area contributed by atoms with Crippen LogP contribution in [0.25, 0.3) is 0 Å². The molecule has 1 aromatic rings. The predicted molar refractivity (Wildman–Crippen MR) is 68.9 cm³/mol. The maximum Gasteiger partial charge on any atom is 0.120 e. The Morgan fingerprint density at radius 1 is 1.31 bits per heavy atom. The van der Waals surface area contributed by atoms with E-state index in [2.05, 4.69) is 18.1 Å². The van der Waals surface area contributed by atoms with Gasteiger partial charge in [0.25, 0.3) is 0 Å². The maximum absolute atomic E-state index is 5.98. The molecular weight excluding hydrogens is 220 g/mol. The lowest BCUT2D eigenvalue weighted by Gasteiger charge is -2.21. The standard InChI is InChI=1S/C11H16N4S/c1-6-3-8(5-9(16)4-6)15-11(13)7(2)10(12)14-15/h3-5,10,14,16H,12-13H2,1-2H3. The first-order chi connectivity index (χ1) is 7.49. The summed E-state index contributed by atoms with van der Waals surface area (Å²) in [5, 5.41) is 1.80. The Kier molecular flexibility index (Phi) is 2.84. The molecular formula is C11H16N4S. The van der Waals surface area contributed by atoms with Crippen molar-refractivity contribution in [3.8, 4) is 0 Å². The zero-order valence-electron chi connectivity index (χ0n) is 9.36. The SMILES string of the molecule is CC1=C(N)N(c2cc(C)cc(S)c2)NC1N. The van der Waals surface area contributed by atoms with E-state index in [4.69, 9.17) is 11.5 Å². The molecule has 0 spiro atoms. The molecule has 0 aromatic heterocycles. The van der Waals surface area contributed by atoms with Crippen molar-refractivity contribution >= 4 is 18.3 Å². The first-order valence-electron chi connectivity index (χ1n) is 5.08. The number of nitrogens with one attached hydrogen (secondary N) is 1. The second-order valence-electron chi connectivity index (χ2n) is 4.04. The van der Waals surface area contributed by atoms with Crippen molar-refractivity contribution in [1.82, 2.24) is 5.43 Å². The molecule has 1 atom stereocenters. The van der Waals surface area contributed by atoms with E-state index in [1.807, 2.05) is 32.0 Å². The van der Waals surface area contributed by atoms with Crippen LogP contribution < -0.4 is 21.9 Å². The van der Waals surface area contributed by atoms with Crippen molar-refractivity contribution in [1.29, 1.82) is 0 Å². The van der Waals surface area contributed by atoms with Crippen LogP contribution in [-0.4, -0.2) is 6.17 Å². The van der Waals surface area contributed by atoms with E-state index < -0.39 is 0 Å². The number of nitrogens with two attached hydrogens (primary N) is 2. The van der Waals surface area contributed by atoms with Crippen LogP contribution in [0.4, 0.5) is 5.69 Å². The Hall–Kier alpha value is -1.17. The van der Waals surface area contributed by atoms with Gasteiger partial charge in [-0.1, -0.05) is 0 Å². The summed E-state index contributed by atoms with van der Waals surface area (Å²) >= 11 is 4.35. The molecule has 5 heteroatoms. The summed E-state index contributed by atoms with van der Waals surface area (Å²) in [5.74, 6) is 0.658. The van der Waals surface area contributed by atoms with Crippen molar-refractivity contribution in [3.63, 3.8) is 0 Å². The Morgan fingerprint density at radius 3 is 2.50 bits per heavy atom. The number of hydrazine groups is 1. The van der Waals surface area contributed by atoms with Gasteiger partial charge >= 0.3 is 0 Å². The van der Waals surface area contributed by atoms with Gasteiger partial charge in [-0.2, -0.15) is 0 Å². The summed E-state index contributed by atoms with van der Waals surface area (Å²) in [6.45, 7) is 3.94. The van der Waals surface area contributed by atoms with E-state index >= 15 is 0 Å². The van der Waals surface area contributed by atoms with Crippen LogP contribution in [0.15, 0.2) is 34.5 Å². The molecule has 1 unspecified atom stereocenters. The van der Waals surface area contributed by atoms with Gasteiger partial charge < -0.3 is 11.5 Å². The Labute approximate surface area is 101 Å². The van der Waals surface area contributed by atoms with Crippen molar-refractivity contribution in [2.75, 3.05) is 5.01 Å². The van der Waals surface area contributed by atoms with Crippen LogP contribution in [0.2, 0.25) is 0 Å². The van der Waals surface area contributed by atoms with Crippen molar-refractivity contribution in [2.24, 2.45) is 11.5 Å². The highest BCUT2D eigenvalue weighted by Gasteiger charge is 2.24. The molecule has 1 aromatic carbocycles. The highest BCUT2D eigenvalue weighted by atomic mass is 32.1. The van der Waals surface area contributed by atoms with Gasteiger partial charge in [0.1, 0.15) is 5.82 Å². The van der Waals surface area contributed by atoms with Gasteiger partial charge in [0.05, 0.1) is 11.9 Å². The lowest BCUT2D eigenvalue weighted by atomic mass is 10.2. The normalized spacial score (nSPS) is 20.8. The number of rotatable bonds is 1. The van der Waals surface area contributed by atoms with Gasteiger partial charge in [-0.25, -0.2) is 5.43 Å². The van der Waals surface area contributed by atoms with Gasteiger partial charge in [-0.15, -0.1) is 12.6 Å². The molecule has 1 aliphatic heterocycles. The number of hydrogen-bond acceptors (Lipinski definition) is 5. The smallest absolute Gasteiger partial charge is 0.120 e.